The second-order valence-corrected chi connectivity index (χ2v) is 6.99. The van der Waals surface area contributed by atoms with E-state index in [-0.39, 0.29) is 0 Å². The monoisotopic (exact) mass is 340 g/mol. The molecule has 0 aliphatic carbocycles. The summed E-state index contributed by atoms with van der Waals surface area (Å²) < 4.78 is 0. The van der Waals surface area contributed by atoms with Crippen LogP contribution in [-0.2, 0) is 13.0 Å². The Morgan fingerprint density at radius 3 is 2.72 bits per heavy atom. The third-order valence-electron chi connectivity index (χ3n) is 4.88. The van der Waals surface area contributed by atoms with Gasteiger partial charge in [-0.15, -0.1) is 0 Å². The summed E-state index contributed by atoms with van der Waals surface area (Å²) in [6, 6.07) is 8.74. The van der Waals surface area contributed by atoms with Gasteiger partial charge in [0, 0.05) is 25.2 Å². The van der Waals surface area contributed by atoms with Gasteiger partial charge >= 0.3 is 0 Å². The van der Waals surface area contributed by atoms with Crippen molar-refractivity contribution in [1.29, 1.82) is 0 Å². The van der Waals surface area contributed by atoms with Crippen molar-refractivity contribution in [2.75, 3.05) is 16.8 Å². The van der Waals surface area contributed by atoms with Crippen molar-refractivity contribution in [1.82, 2.24) is 9.97 Å². The number of aromatic nitrogens is 2. The summed E-state index contributed by atoms with van der Waals surface area (Å²) >= 11 is 0. The summed E-state index contributed by atoms with van der Waals surface area (Å²) in [6.45, 7) is 9.85. The zero-order valence-corrected chi connectivity index (χ0v) is 15.6. The molecule has 2 atom stereocenters. The Morgan fingerprint density at radius 1 is 1.20 bits per heavy atom. The Bertz CT molecular complexity index is 744. The molecule has 134 valence electrons. The fraction of sp³-hybridized carbons (Fsp3) is 0.500. The van der Waals surface area contributed by atoms with Gasteiger partial charge in [0.25, 0.3) is 0 Å². The van der Waals surface area contributed by atoms with Crippen molar-refractivity contribution >= 4 is 11.6 Å². The fourth-order valence-electron chi connectivity index (χ4n) is 3.17. The zero-order valence-electron chi connectivity index (χ0n) is 15.6. The van der Waals surface area contributed by atoms with Crippen LogP contribution in [0.15, 0.2) is 24.3 Å². The van der Waals surface area contributed by atoms with E-state index >= 15 is 0 Å². The second-order valence-electron chi connectivity index (χ2n) is 6.99. The molecule has 5 heteroatoms. The largest absolute Gasteiger partial charge is 0.389 e. The number of anilines is 2. The first-order valence-corrected chi connectivity index (χ1v) is 9.13. The number of hydrogen-bond donors (Lipinski definition) is 2. The molecule has 1 aliphatic rings. The van der Waals surface area contributed by atoms with E-state index in [1.165, 1.54) is 11.1 Å². The molecule has 0 fully saturated rings. The second kappa shape index (κ2) is 7.40. The van der Waals surface area contributed by atoms with E-state index in [2.05, 4.69) is 46.2 Å². The van der Waals surface area contributed by atoms with Crippen LogP contribution in [0.4, 0.5) is 11.6 Å². The summed E-state index contributed by atoms with van der Waals surface area (Å²) in [5.41, 5.74) is 3.63. The van der Waals surface area contributed by atoms with Crippen molar-refractivity contribution in [2.24, 2.45) is 0 Å². The number of aliphatic hydroxyl groups excluding tert-OH is 1. The molecule has 0 bridgehead atoms. The molecule has 0 radical (unpaired) electrons. The molecule has 0 spiro atoms. The number of benzene rings is 1. The van der Waals surface area contributed by atoms with Crippen LogP contribution >= 0.6 is 0 Å². The molecule has 0 amide bonds. The molecule has 1 aliphatic heterocycles. The van der Waals surface area contributed by atoms with Gasteiger partial charge < -0.3 is 15.3 Å². The first-order chi connectivity index (χ1) is 12.0. The number of nitrogens with one attached hydrogen (secondary N) is 1. The topological polar surface area (TPSA) is 61.3 Å². The molecule has 1 aromatic carbocycles. The molecule has 2 aromatic rings. The van der Waals surface area contributed by atoms with E-state index in [0.29, 0.717) is 6.04 Å². The minimum Gasteiger partial charge on any atom is -0.389 e. The van der Waals surface area contributed by atoms with Crippen LogP contribution in [0.1, 0.15) is 55.8 Å². The van der Waals surface area contributed by atoms with E-state index in [9.17, 15) is 5.11 Å². The molecule has 0 unspecified atom stereocenters. The van der Waals surface area contributed by atoms with E-state index in [0.717, 1.165) is 49.0 Å². The molecular formula is C20H28N4O. The van der Waals surface area contributed by atoms with Crippen LogP contribution in [0.25, 0.3) is 0 Å². The number of nitrogens with zero attached hydrogens (tertiary/aromatic N) is 3. The Morgan fingerprint density at radius 2 is 2.00 bits per heavy atom. The number of rotatable bonds is 5. The molecule has 2 N–H and O–H groups in total. The fourth-order valence-corrected chi connectivity index (χ4v) is 3.17. The van der Waals surface area contributed by atoms with Gasteiger partial charge in [-0.3, -0.25) is 0 Å². The van der Waals surface area contributed by atoms with Crippen LogP contribution in [0.3, 0.4) is 0 Å². The number of aliphatic hydroxyl groups is 1. The van der Waals surface area contributed by atoms with Crippen molar-refractivity contribution in [3.05, 3.63) is 46.8 Å². The summed E-state index contributed by atoms with van der Waals surface area (Å²) in [5, 5.41) is 13.2. The first kappa shape index (κ1) is 17.7. The van der Waals surface area contributed by atoms with E-state index in [4.69, 9.17) is 0 Å². The lowest BCUT2D eigenvalue weighted by atomic mass is 9.96. The lowest BCUT2D eigenvalue weighted by molar-refractivity contribution is 0.199. The van der Waals surface area contributed by atoms with Gasteiger partial charge in [-0.25, -0.2) is 9.97 Å². The average molecular weight is 340 g/mol. The highest BCUT2D eigenvalue weighted by Crippen LogP contribution is 2.27. The Labute approximate surface area is 150 Å². The molecule has 3 rings (SSSR count). The van der Waals surface area contributed by atoms with Gasteiger partial charge in [0.2, 0.25) is 0 Å². The molecule has 1 aromatic heterocycles. The highest BCUT2D eigenvalue weighted by molar-refractivity contribution is 5.52. The van der Waals surface area contributed by atoms with Crippen molar-refractivity contribution in [3.8, 4) is 0 Å². The normalized spacial score (nSPS) is 16.3. The highest BCUT2D eigenvalue weighted by atomic mass is 16.3. The van der Waals surface area contributed by atoms with Gasteiger partial charge in [0.1, 0.15) is 17.5 Å². The summed E-state index contributed by atoms with van der Waals surface area (Å²) in [6.07, 6.45) is 1.61. The van der Waals surface area contributed by atoms with E-state index < -0.39 is 6.10 Å². The van der Waals surface area contributed by atoms with Crippen LogP contribution in [0, 0.1) is 6.92 Å². The summed E-state index contributed by atoms with van der Waals surface area (Å²) in [7, 11) is 0. The third-order valence-corrected chi connectivity index (χ3v) is 4.88. The van der Waals surface area contributed by atoms with Crippen LogP contribution in [0.5, 0.6) is 0 Å². The van der Waals surface area contributed by atoms with Crippen molar-refractivity contribution in [3.63, 3.8) is 0 Å². The molecule has 0 saturated heterocycles. The smallest absolute Gasteiger partial charge is 0.134 e. The Balaban J connectivity index is 1.81. The maximum atomic E-state index is 9.77. The van der Waals surface area contributed by atoms with Gasteiger partial charge in [-0.1, -0.05) is 25.1 Å². The van der Waals surface area contributed by atoms with Gasteiger partial charge in [-0.2, -0.15) is 0 Å². The highest BCUT2D eigenvalue weighted by Gasteiger charge is 2.19. The number of aryl methyl sites for hydroxylation is 1. The standard InChI is InChI=1S/C20H28N4O/c1-5-13(2)21-19-11-20(23-15(4)22-19)24-9-8-17-10-16(14(3)25)6-7-18(17)12-24/h6-7,10-11,13-14,25H,5,8-9,12H2,1-4H3,(H,21,22,23)/t13-,14-/m0/s1. The molecule has 2 heterocycles. The van der Waals surface area contributed by atoms with Crippen molar-refractivity contribution < 1.29 is 5.11 Å². The van der Waals surface area contributed by atoms with Crippen LogP contribution < -0.4 is 10.2 Å². The predicted octanol–water partition coefficient (Wildman–Crippen LogP) is 3.61. The van der Waals surface area contributed by atoms with Crippen molar-refractivity contribution in [2.45, 2.75) is 59.2 Å². The lowest BCUT2D eigenvalue weighted by Gasteiger charge is -2.30. The quantitative estimate of drug-likeness (QED) is 0.871. The minimum absolute atomic E-state index is 0.392. The maximum Gasteiger partial charge on any atom is 0.134 e. The summed E-state index contributed by atoms with van der Waals surface area (Å²) in [5.74, 6) is 2.66. The number of hydrogen-bond acceptors (Lipinski definition) is 5. The molecule has 25 heavy (non-hydrogen) atoms. The summed E-state index contributed by atoms with van der Waals surface area (Å²) in [4.78, 5) is 11.5. The maximum absolute atomic E-state index is 9.77. The van der Waals surface area contributed by atoms with E-state index in [1.54, 1.807) is 0 Å². The Hall–Kier alpha value is -2.14. The first-order valence-electron chi connectivity index (χ1n) is 9.13. The SMILES string of the molecule is CC[C@H](C)Nc1cc(N2CCc3cc([C@H](C)O)ccc3C2)nc(C)n1. The predicted molar refractivity (Wildman–Crippen MR) is 102 cm³/mol. The zero-order chi connectivity index (χ0) is 18.0. The molecule has 0 saturated carbocycles. The van der Waals surface area contributed by atoms with Gasteiger partial charge in [0.05, 0.1) is 6.10 Å². The van der Waals surface area contributed by atoms with Gasteiger partial charge in [0.15, 0.2) is 0 Å². The molecule has 5 nitrogen and oxygen atoms in total. The van der Waals surface area contributed by atoms with Crippen LogP contribution in [0.2, 0.25) is 0 Å². The average Bonchev–Trinajstić information content (AvgIpc) is 2.60. The lowest BCUT2D eigenvalue weighted by Crippen LogP contribution is -2.31. The Kier molecular flexibility index (Phi) is 5.23. The number of fused-ring (bicyclic) bond motifs is 1. The minimum atomic E-state index is -0.415. The molecular weight excluding hydrogens is 312 g/mol. The van der Waals surface area contributed by atoms with Gasteiger partial charge in [-0.05, 0) is 50.3 Å². The van der Waals surface area contributed by atoms with Crippen LogP contribution in [-0.4, -0.2) is 27.7 Å². The third kappa shape index (κ3) is 4.10. The van der Waals surface area contributed by atoms with E-state index in [1.807, 2.05) is 26.0 Å².